The van der Waals surface area contributed by atoms with E-state index in [4.69, 9.17) is 5.11 Å². The number of carboxylic acid groups (broad SMARTS) is 1. The van der Waals surface area contributed by atoms with Crippen molar-refractivity contribution >= 4 is 11.9 Å². The van der Waals surface area contributed by atoms with Crippen LogP contribution in [0.2, 0.25) is 0 Å². The van der Waals surface area contributed by atoms with E-state index in [1.165, 1.54) is 18.2 Å². The molecule has 23 heavy (non-hydrogen) atoms. The van der Waals surface area contributed by atoms with E-state index in [9.17, 15) is 9.59 Å². The molecule has 0 spiro atoms. The summed E-state index contributed by atoms with van der Waals surface area (Å²) in [6.45, 7) is 5.82. The molecule has 0 bridgehead atoms. The van der Waals surface area contributed by atoms with Crippen molar-refractivity contribution in [1.29, 1.82) is 0 Å². The predicted molar refractivity (Wildman–Crippen MR) is 84.5 cm³/mol. The third-order valence-corrected chi connectivity index (χ3v) is 3.75. The van der Waals surface area contributed by atoms with Crippen LogP contribution in [0.5, 0.6) is 0 Å². The van der Waals surface area contributed by atoms with E-state index in [2.05, 4.69) is 15.4 Å². The van der Waals surface area contributed by atoms with Gasteiger partial charge >= 0.3 is 5.97 Å². The van der Waals surface area contributed by atoms with Gasteiger partial charge in [-0.05, 0) is 44.9 Å². The van der Waals surface area contributed by atoms with Gasteiger partial charge in [0.25, 0.3) is 5.91 Å². The molecule has 2 aromatic rings. The van der Waals surface area contributed by atoms with Gasteiger partial charge in [0.1, 0.15) is 11.4 Å². The van der Waals surface area contributed by atoms with Crippen LogP contribution in [0.25, 0.3) is 0 Å². The molecule has 122 valence electrons. The van der Waals surface area contributed by atoms with Crippen LogP contribution in [0.4, 0.5) is 0 Å². The average molecular weight is 316 g/mol. The highest BCUT2D eigenvalue weighted by Gasteiger charge is 2.17. The molecule has 0 aliphatic heterocycles. The van der Waals surface area contributed by atoms with Gasteiger partial charge in [0, 0.05) is 18.8 Å². The fourth-order valence-corrected chi connectivity index (χ4v) is 2.45. The van der Waals surface area contributed by atoms with E-state index in [1.807, 2.05) is 32.5 Å². The Kier molecular flexibility index (Phi) is 4.78. The summed E-state index contributed by atoms with van der Waals surface area (Å²) in [6, 6.07) is 4.23. The van der Waals surface area contributed by atoms with Gasteiger partial charge in [-0.25, -0.2) is 9.78 Å². The third-order valence-electron chi connectivity index (χ3n) is 3.75. The van der Waals surface area contributed by atoms with Crippen LogP contribution < -0.4 is 5.32 Å². The van der Waals surface area contributed by atoms with E-state index < -0.39 is 5.97 Å². The van der Waals surface area contributed by atoms with Crippen molar-refractivity contribution in [2.24, 2.45) is 7.05 Å². The van der Waals surface area contributed by atoms with E-state index in [0.717, 1.165) is 17.0 Å². The number of carboxylic acids is 1. The lowest BCUT2D eigenvalue weighted by Crippen LogP contribution is -2.35. The molecule has 1 amide bonds. The molecule has 2 heterocycles. The molecule has 2 aromatic heterocycles. The molecule has 7 nitrogen and oxygen atoms in total. The Bertz CT molecular complexity index is 752. The molecule has 0 fully saturated rings. The molecular weight excluding hydrogens is 296 g/mol. The number of pyridine rings is 1. The summed E-state index contributed by atoms with van der Waals surface area (Å²) >= 11 is 0. The lowest BCUT2D eigenvalue weighted by molar-refractivity contribution is 0.0690. The maximum Gasteiger partial charge on any atom is 0.354 e. The molecule has 0 saturated carbocycles. The standard InChI is InChI=1S/C16H20N4O3/c1-9(8-12-10(2)19-20(4)11(12)3)17-15(21)13-6-5-7-14(18-13)16(22)23/h5-7,9H,8H2,1-4H3,(H,17,21)(H,22,23). The fraction of sp³-hybridized carbons (Fsp3) is 0.375. The zero-order chi connectivity index (χ0) is 17.1. The number of carbonyl (C=O) groups is 2. The highest BCUT2D eigenvalue weighted by molar-refractivity contribution is 5.94. The van der Waals surface area contributed by atoms with Crippen LogP contribution in [0.3, 0.4) is 0 Å². The fourth-order valence-electron chi connectivity index (χ4n) is 2.45. The van der Waals surface area contributed by atoms with Crippen LogP contribution in [-0.2, 0) is 13.5 Å². The van der Waals surface area contributed by atoms with Crippen molar-refractivity contribution in [3.63, 3.8) is 0 Å². The second kappa shape index (κ2) is 6.60. The number of nitrogens with zero attached hydrogens (tertiary/aromatic N) is 3. The van der Waals surface area contributed by atoms with Crippen LogP contribution in [0.1, 0.15) is 44.9 Å². The second-order valence-corrected chi connectivity index (χ2v) is 5.56. The summed E-state index contributed by atoms with van der Waals surface area (Å²) in [5, 5.41) is 16.1. The third kappa shape index (κ3) is 3.74. The first-order chi connectivity index (χ1) is 10.8. The van der Waals surface area contributed by atoms with Crippen molar-refractivity contribution in [3.05, 3.63) is 46.5 Å². The van der Waals surface area contributed by atoms with Crippen molar-refractivity contribution in [2.45, 2.75) is 33.2 Å². The molecule has 0 aliphatic carbocycles. The monoisotopic (exact) mass is 316 g/mol. The molecule has 0 aromatic carbocycles. The number of hydrogen-bond acceptors (Lipinski definition) is 4. The highest BCUT2D eigenvalue weighted by Crippen LogP contribution is 2.14. The van der Waals surface area contributed by atoms with Crippen molar-refractivity contribution in [2.75, 3.05) is 0 Å². The number of nitrogens with one attached hydrogen (secondary N) is 1. The maximum atomic E-state index is 12.2. The SMILES string of the molecule is Cc1nn(C)c(C)c1CC(C)NC(=O)c1cccc(C(=O)O)n1. The Morgan fingerprint density at radius 1 is 1.30 bits per heavy atom. The number of aryl methyl sites for hydroxylation is 2. The van der Waals surface area contributed by atoms with Crippen molar-refractivity contribution < 1.29 is 14.7 Å². The molecule has 2 rings (SSSR count). The van der Waals surface area contributed by atoms with E-state index in [-0.39, 0.29) is 23.3 Å². The van der Waals surface area contributed by atoms with Gasteiger partial charge in [-0.3, -0.25) is 9.48 Å². The summed E-state index contributed by atoms with van der Waals surface area (Å²) < 4.78 is 1.82. The number of rotatable bonds is 5. The Balaban J connectivity index is 2.08. The summed E-state index contributed by atoms with van der Waals surface area (Å²) in [6.07, 6.45) is 0.649. The van der Waals surface area contributed by atoms with Crippen LogP contribution >= 0.6 is 0 Å². The van der Waals surface area contributed by atoms with E-state index >= 15 is 0 Å². The summed E-state index contributed by atoms with van der Waals surface area (Å²) in [7, 11) is 1.89. The topological polar surface area (TPSA) is 97.1 Å². The first kappa shape index (κ1) is 16.7. The molecule has 0 saturated heterocycles. The average Bonchev–Trinajstić information content (AvgIpc) is 2.73. The zero-order valence-electron chi connectivity index (χ0n) is 13.6. The Morgan fingerprint density at radius 2 is 1.96 bits per heavy atom. The quantitative estimate of drug-likeness (QED) is 0.871. The van der Waals surface area contributed by atoms with Gasteiger partial charge < -0.3 is 10.4 Å². The zero-order valence-corrected chi connectivity index (χ0v) is 13.6. The van der Waals surface area contributed by atoms with Gasteiger partial charge in [-0.1, -0.05) is 6.07 Å². The number of aromatic carboxylic acids is 1. The van der Waals surface area contributed by atoms with Crippen LogP contribution in [0.15, 0.2) is 18.2 Å². The molecule has 0 aliphatic rings. The molecule has 0 radical (unpaired) electrons. The van der Waals surface area contributed by atoms with Crippen molar-refractivity contribution in [1.82, 2.24) is 20.1 Å². The number of hydrogen-bond donors (Lipinski definition) is 2. The number of amides is 1. The molecule has 1 unspecified atom stereocenters. The lowest BCUT2D eigenvalue weighted by Gasteiger charge is -2.14. The van der Waals surface area contributed by atoms with Gasteiger partial charge in [0.05, 0.1) is 5.69 Å². The Labute approximate surface area is 134 Å². The van der Waals surface area contributed by atoms with Gasteiger partial charge in [-0.2, -0.15) is 5.10 Å². The predicted octanol–water partition coefficient (Wildman–Crippen LogP) is 1.49. The Morgan fingerprint density at radius 3 is 2.52 bits per heavy atom. The summed E-state index contributed by atoms with van der Waals surface area (Å²) in [4.78, 5) is 27.0. The normalized spacial score (nSPS) is 12.0. The second-order valence-electron chi connectivity index (χ2n) is 5.56. The van der Waals surface area contributed by atoms with E-state index in [0.29, 0.717) is 6.42 Å². The van der Waals surface area contributed by atoms with Gasteiger partial charge in [0.2, 0.25) is 0 Å². The van der Waals surface area contributed by atoms with E-state index in [1.54, 1.807) is 0 Å². The minimum Gasteiger partial charge on any atom is -0.477 e. The molecular formula is C16H20N4O3. The maximum absolute atomic E-state index is 12.2. The van der Waals surface area contributed by atoms with Gasteiger partial charge in [0.15, 0.2) is 0 Å². The number of carbonyl (C=O) groups excluding carboxylic acids is 1. The Hall–Kier alpha value is -2.70. The largest absolute Gasteiger partial charge is 0.477 e. The van der Waals surface area contributed by atoms with Crippen LogP contribution in [0, 0.1) is 13.8 Å². The summed E-state index contributed by atoms with van der Waals surface area (Å²) in [5.74, 6) is -1.55. The molecule has 2 N–H and O–H groups in total. The van der Waals surface area contributed by atoms with Crippen LogP contribution in [-0.4, -0.2) is 37.8 Å². The first-order valence-electron chi connectivity index (χ1n) is 7.30. The summed E-state index contributed by atoms with van der Waals surface area (Å²) in [5.41, 5.74) is 3.06. The van der Waals surface area contributed by atoms with Crippen molar-refractivity contribution in [3.8, 4) is 0 Å². The molecule has 7 heteroatoms. The van der Waals surface area contributed by atoms with Gasteiger partial charge in [-0.15, -0.1) is 0 Å². The molecule has 1 atom stereocenters. The smallest absolute Gasteiger partial charge is 0.354 e. The minimum atomic E-state index is -1.16. The minimum absolute atomic E-state index is 0.0939. The lowest BCUT2D eigenvalue weighted by atomic mass is 10.1. The number of aromatic nitrogens is 3. The highest BCUT2D eigenvalue weighted by atomic mass is 16.4. The first-order valence-corrected chi connectivity index (χ1v) is 7.30.